The average molecular weight is 169 g/mol. The van der Waals surface area contributed by atoms with Crippen molar-refractivity contribution in [2.24, 2.45) is 0 Å². The van der Waals surface area contributed by atoms with Crippen LogP contribution in [0, 0.1) is 5.82 Å². The van der Waals surface area contributed by atoms with Gasteiger partial charge in [-0.1, -0.05) is 0 Å². The molecule has 0 aromatic carbocycles. The van der Waals surface area contributed by atoms with Crippen LogP contribution < -0.4 is 0 Å². The molecule has 0 unspecified atom stereocenters. The van der Waals surface area contributed by atoms with Gasteiger partial charge >= 0.3 is 0 Å². The van der Waals surface area contributed by atoms with Crippen molar-refractivity contribution in [1.29, 1.82) is 0 Å². The Morgan fingerprint density at radius 3 is 2.83 bits per heavy atom. The number of halogens is 1. The first-order valence-electron chi connectivity index (χ1n) is 3.70. The van der Waals surface area contributed by atoms with Crippen LogP contribution in [0.4, 0.5) is 4.39 Å². The molecule has 1 saturated heterocycles. The highest BCUT2D eigenvalue weighted by atomic mass is 19.1. The molecule has 1 fully saturated rings. The number of pyridine rings is 1. The number of nitrogens with zero attached hydrogens (tertiary/aromatic N) is 1. The Bertz CT molecular complexity index is 274. The van der Waals surface area contributed by atoms with Crippen molar-refractivity contribution in [3.63, 3.8) is 0 Å². The molecule has 4 heteroatoms. The number of hydrogen-bond donors (Lipinski definition) is 0. The summed E-state index contributed by atoms with van der Waals surface area (Å²) in [4.78, 5) is 3.63. The first-order chi connectivity index (χ1) is 5.88. The van der Waals surface area contributed by atoms with E-state index in [2.05, 4.69) is 4.98 Å². The Balaban J connectivity index is 2.26. The zero-order valence-electron chi connectivity index (χ0n) is 6.37. The summed E-state index contributed by atoms with van der Waals surface area (Å²) in [6, 6.07) is 1.56. The molecule has 0 saturated carbocycles. The number of hydrogen-bond acceptors (Lipinski definition) is 3. The maximum absolute atomic E-state index is 13.0. The van der Waals surface area contributed by atoms with E-state index in [4.69, 9.17) is 9.47 Å². The molecule has 0 atom stereocenters. The van der Waals surface area contributed by atoms with Crippen molar-refractivity contribution < 1.29 is 13.9 Å². The summed E-state index contributed by atoms with van der Waals surface area (Å²) in [5, 5.41) is 0. The molecule has 1 aliphatic heterocycles. The highest BCUT2D eigenvalue weighted by Crippen LogP contribution is 2.24. The van der Waals surface area contributed by atoms with E-state index in [0.717, 1.165) is 6.20 Å². The fourth-order valence-corrected chi connectivity index (χ4v) is 1.12. The van der Waals surface area contributed by atoms with E-state index in [-0.39, 0.29) is 5.82 Å². The summed E-state index contributed by atoms with van der Waals surface area (Å²) in [6.07, 6.45) is 2.12. The first kappa shape index (κ1) is 7.64. The second-order valence-corrected chi connectivity index (χ2v) is 2.47. The van der Waals surface area contributed by atoms with Gasteiger partial charge in [0, 0.05) is 11.8 Å². The van der Waals surface area contributed by atoms with Gasteiger partial charge in [0.1, 0.15) is 5.82 Å². The van der Waals surface area contributed by atoms with Crippen molar-refractivity contribution in [1.82, 2.24) is 4.98 Å². The Hall–Kier alpha value is -1.00. The van der Waals surface area contributed by atoms with Crippen LogP contribution in [0.5, 0.6) is 0 Å². The first-order valence-corrected chi connectivity index (χ1v) is 3.70. The van der Waals surface area contributed by atoms with Crippen LogP contribution in [-0.2, 0) is 9.47 Å². The highest BCUT2D eigenvalue weighted by Gasteiger charge is 2.21. The minimum absolute atomic E-state index is 0.385. The number of rotatable bonds is 1. The molecule has 1 aromatic rings. The van der Waals surface area contributed by atoms with Gasteiger partial charge in [-0.25, -0.2) is 4.39 Å². The van der Waals surface area contributed by atoms with Crippen LogP contribution in [0.25, 0.3) is 0 Å². The molecule has 0 aliphatic carbocycles. The molecule has 2 heterocycles. The van der Waals surface area contributed by atoms with Gasteiger partial charge in [-0.2, -0.15) is 0 Å². The van der Waals surface area contributed by atoms with Gasteiger partial charge in [-0.3, -0.25) is 4.98 Å². The predicted molar refractivity (Wildman–Crippen MR) is 38.8 cm³/mol. The molecular formula is C8H8FNO2. The van der Waals surface area contributed by atoms with Gasteiger partial charge in [0.05, 0.1) is 19.4 Å². The lowest BCUT2D eigenvalue weighted by Gasteiger charge is -2.08. The summed E-state index contributed by atoms with van der Waals surface area (Å²) in [7, 11) is 0. The summed E-state index contributed by atoms with van der Waals surface area (Å²) in [5.74, 6) is -0.385. The van der Waals surface area contributed by atoms with Crippen molar-refractivity contribution in [2.75, 3.05) is 13.2 Å². The standard InChI is InChI=1S/C8H8FNO2/c9-7-5-10-2-1-6(7)8-11-3-4-12-8/h1-2,5,8H,3-4H2. The Morgan fingerprint density at radius 1 is 1.42 bits per heavy atom. The Morgan fingerprint density at radius 2 is 2.17 bits per heavy atom. The van der Waals surface area contributed by atoms with Crippen LogP contribution in [-0.4, -0.2) is 18.2 Å². The Kier molecular flexibility index (Phi) is 2.01. The third kappa shape index (κ3) is 1.31. The lowest BCUT2D eigenvalue weighted by Crippen LogP contribution is -2.01. The minimum atomic E-state index is -0.548. The topological polar surface area (TPSA) is 31.4 Å². The van der Waals surface area contributed by atoms with Crippen LogP contribution >= 0.6 is 0 Å². The Labute approximate surface area is 69.1 Å². The fraction of sp³-hybridized carbons (Fsp3) is 0.375. The van der Waals surface area contributed by atoms with Crippen molar-refractivity contribution in [2.45, 2.75) is 6.29 Å². The lowest BCUT2D eigenvalue weighted by atomic mass is 10.2. The zero-order valence-corrected chi connectivity index (χ0v) is 6.37. The number of aromatic nitrogens is 1. The SMILES string of the molecule is Fc1cnccc1C1OCCO1. The summed E-state index contributed by atoms with van der Waals surface area (Å²) >= 11 is 0. The third-order valence-electron chi connectivity index (χ3n) is 1.68. The fourth-order valence-electron chi connectivity index (χ4n) is 1.12. The van der Waals surface area contributed by atoms with E-state index in [9.17, 15) is 4.39 Å². The van der Waals surface area contributed by atoms with Crippen LogP contribution in [0.15, 0.2) is 18.5 Å². The summed E-state index contributed by atoms with van der Waals surface area (Å²) < 4.78 is 23.3. The van der Waals surface area contributed by atoms with Crippen molar-refractivity contribution in [3.8, 4) is 0 Å². The molecule has 0 amide bonds. The van der Waals surface area contributed by atoms with E-state index in [1.54, 1.807) is 6.07 Å². The van der Waals surface area contributed by atoms with E-state index in [0.29, 0.717) is 18.8 Å². The average Bonchev–Trinajstić information content (AvgIpc) is 2.57. The van der Waals surface area contributed by atoms with Gasteiger partial charge in [0.15, 0.2) is 6.29 Å². The highest BCUT2D eigenvalue weighted by molar-refractivity contribution is 5.14. The van der Waals surface area contributed by atoms with Crippen LogP contribution in [0.3, 0.4) is 0 Å². The molecule has 0 N–H and O–H groups in total. The lowest BCUT2D eigenvalue weighted by molar-refractivity contribution is -0.0465. The molecule has 1 aliphatic rings. The quantitative estimate of drug-likeness (QED) is 0.634. The molecule has 64 valence electrons. The molecule has 0 radical (unpaired) electrons. The monoisotopic (exact) mass is 169 g/mol. The third-order valence-corrected chi connectivity index (χ3v) is 1.68. The van der Waals surface area contributed by atoms with Gasteiger partial charge in [0.25, 0.3) is 0 Å². The molecular weight excluding hydrogens is 161 g/mol. The van der Waals surface area contributed by atoms with Gasteiger partial charge in [-0.15, -0.1) is 0 Å². The van der Waals surface area contributed by atoms with E-state index < -0.39 is 6.29 Å². The van der Waals surface area contributed by atoms with Crippen molar-refractivity contribution in [3.05, 3.63) is 29.8 Å². The molecule has 3 nitrogen and oxygen atoms in total. The summed E-state index contributed by atoms with van der Waals surface area (Å²) in [6.45, 7) is 1.04. The largest absolute Gasteiger partial charge is 0.346 e. The smallest absolute Gasteiger partial charge is 0.186 e. The molecule has 0 spiro atoms. The maximum Gasteiger partial charge on any atom is 0.186 e. The molecule has 12 heavy (non-hydrogen) atoms. The van der Waals surface area contributed by atoms with E-state index in [1.807, 2.05) is 0 Å². The summed E-state index contributed by atoms with van der Waals surface area (Å²) in [5.41, 5.74) is 0.419. The predicted octanol–water partition coefficient (Wildman–Crippen LogP) is 1.27. The second kappa shape index (κ2) is 3.16. The minimum Gasteiger partial charge on any atom is -0.346 e. The van der Waals surface area contributed by atoms with Gasteiger partial charge < -0.3 is 9.47 Å². The van der Waals surface area contributed by atoms with E-state index >= 15 is 0 Å². The zero-order chi connectivity index (χ0) is 8.39. The van der Waals surface area contributed by atoms with Crippen LogP contribution in [0.2, 0.25) is 0 Å². The molecule has 1 aromatic heterocycles. The number of ether oxygens (including phenoxy) is 2. The van der Waals surface area contributed by atoms with Crippen LogP contribution in [0.1, 0.15) is 11.9 Å². The normalized spacial score (nSPS) is 18.4. The second-order valence-electron chi connectivity index (χ2n) is 2.47. The van der Waals surface area contributed by atoms with Gasteiger partial charge in [0.2, 0.25) is 0 Å². The van der Waals surface area contributed by atoms with E-state index in [1.165, 1.54) is 6.20 Å². The maximum atomic E-state index is 13.0. The van der Waals surface area contributed by atoms with Crippen molar-refractivity contribution >= 4 is 0 Å². The molecule has 2 rings (SSSR count). The molecule has 0 bridgehead atoms. The van der Waals surface area contributed by atoms with Gasteiger partial charge in [-0.05, 0) is 6.07 Å².